The van der Waals surface area contributed by atoms with Gasteiger partial charge in [0, 0.05) is 12.2 Å². The van der Waals surface area contributed by atoms with Crippen LogP contribution in [0.25, 0.3) is 0 Å². The molecule has 0 aliphatic carbocycles. The Morgan fingerprint density at radius 2 is 1.64 bits per heavy atom. The normalized spacial score (nSPS) is 11.1. The summed E-state index contributed by atoms with van der Waals surface area (Å²) in [4.78, 5) is 27.4. The summed E-state index contributed by atoms with van der Waals surface area (Å²) in [5.41, 5.74) is 3.33. The summed E-state index contributed by atoms with van der Waals surface area (Å²) in [7, 11) is 0. The first-order valence-electron chi connectivity index (χ1n) is 9.54. The SMILES string of the molecule is CCN(C(=O)N(C=O)Cc1cc(C)c(OC(C)(C)C)c(C)c1)c1ccccc1. The highest BCUT2D eigenvalue weighted by molar-refractivity contribution is 5.97. The van der Waals surface area contributed by atoms with E-state index in [1.807, 2.05) is 84.0 Å². The van der Waals surface area contributed by atoms with Crippen LogP contribution in [0.5, 0.6) is 5.75 Å². The van der Waals surface area contributed by atoms with Gasteiger partial charge in [-0.3, -0.25) is 14.6 Å². The maximum Gasteiger partial charge on any atom is 0.331 e. The fourth-order valence-corrected chi connectivity index (χ4v) is 3.14. The van der Waals surface area contributed by atoms with E-state index in [-0.39, 0.29) is 18.2 Å². The van der Waals surface area contributed by atoms with Crippen molar-refractivity contribution >= 4 is 18.1 Å². The monoisotopic (exact) mass is 382 g/mol. The van der Waals surface area contributed by atoms with E-state index >= 15 is 0 Å². The molecule has 0 bridgehead atoms. The van der Waals surface area contributed by atoms with Crippen molar-refractivity contribution in [1.82, 2.24) is 4.90 Å². The van der Waals surface area contributed by atoms with Crippen LogP contribution in [0.4, 0.5) is 10.5 Å². The number of nitrogens with zero attached hydrogens (tertiary/aromatic N) is 2. The van der Waals surface area contributed by atoms with Gasteiger partial charge in [0.2, 0.25) is 6.41 Å². The maximum atomic E-state index is 12.9. The van der Waals surface area contributed by atoms with Gasteiger partial charge in [-0.1, -0.05) is 30.3 Å². The predicted octanol–water partition coefficient (Wildman–Crippen LogP) is 5.09. The smallest absolute Gasteiger partial charge is 0.331 e. The Morgan fingerprint density at radius 1 is 1.07 bits per heavy atom. The predicted molar refractivity (Wildman–Crippen MR) is 113 cm³/mol. The van der Waals surface area contributed by atoms with E-state index in [0.29, 0.717) is 13.0 Å². The molecule has 5 nitrogen and oxygen atoms in total. The molecule has 0 atom stereocenters. The number of carbonyl (C=O) groups excluding carboxylic acids is 2. The molecule has 2 rings (SSSR count). The third-order valence-corrected chi connectivity index (χ3v) is 4.27. The molecule has 0 unspecified atom stereocenters. The topological polar surface area (TPSA) is 49.9 Å². The van der Waals surface area contributed by atoms with E-state index in [1.165, 1.54) is 4.90 Å². The van der Waals surface area contributed by atoms with Crippen LogP contribution in [-0.2, 0) is 11.3 Å². The second-order valence-corrected chi connectivity index (χ2v) is 7.87. The number of rotatable bonds is 6. The van der Waals surface area contributed by atoms with Crippen LogP contribution >= 0.6 is 0 Å². The van der Waals surface area contributed by atoms with Gasteiger partial charge >= 0.3 is 6.03 Å². The van der Waals surface area contributed by atoms with Crippen molar-refractivity contribution in [2.24, 2.45) is 0 Å². The summed E-state index contributed by atoms with van der Waals surface area (Å²) >= 11 is 0. The van der Waals surface area contributed by atoms with Gasteiger partial charge in [0.05, 0.1) is 6.54 Å². The minimum absolute atomic E-state index is 0.211. The van der Waals surface area contributed by atoms with Gasteiger partial charge < -0.3 is 4.74 Å². The number of urea groups is 1. The molecule has 2 aromatic rings. The van der Waals surface area contributed by atoms with Crippen molar-refractivity contribution in [1.29, 1.82) is 0 Å². The molecule has 0 aromatic heterocycles. The number of hydrogen-bond acceptors (Lipinski definition) is 3. The minimum atomic E-state index is -0.339. The average molecular weight is 383 g/mol. The highest BCUT2D eigenvalue weighted by Gasteiger charge is 2.22. The first-order valence-corrected chi connectivity index (χ1v) is 9.54. The van der Waals surface area contributed by atoms with Gasteiger partial charge in [-0.05, 0) is 70.4 Å². The van der Waals surface area contributed by atoms with Crippen molar-refractivity contribution in [2.75, 3.05) is 11.4 Å². The number of anilines is 1. The van der Waals surface area contributed by atoms with Gasteiger partial charge in [0.1, 0.15) is 11.4 Å². The Labute approximate surface area is 167 Å². The third kappa shape index (κ3) is 5.35. The third-order valence-electron chi connectivity index (χ3n) is 4.27. The van der Waals surface area contributed by atoms with Crippen LogP contribution in [0.15, 0.2) is 42.5 Å². The molecular formula is C23H30N2O3. The van der Waals surface area contributed by atoms with Gasteiger partial charge in [-0.2, -0.15) is 0 Å². The summed E-state index contributed by atoms with van der Waals surface area (Å²) in [5.74, 6) is 0.847. The lowest BCUT2D eigenvalue weighted by molar-refractivity contribution is -0.115. The van der Waals surface area contributed by atoms with E-state index in [1.54, 1.807) is 4.90 Å². The Kier molecular flexibility index (Phi) is 6.84. The summed E-state index contributed by atoms with van der Waals surface area (Å²) in [6.07, 6.45) is 0.595. The van der Waals surface area contributed by atoms with Crippen molar-refractivity contribution < 1.29 is 14.3 Å². The molecule has 0 saturated carbocycles. The number of aryl methyl sites for hydroxylation is 2. The average Bonchev–Trinajstić information content (AvgIpc) is 2.63. The first kappa shape index (κ1) is 21.5. The number of ether oxygens (including phenoxy) is 1. The van der Waals surface area contributed by atoms with Crippen LogP contribution in [0.3, 0.4) is 0 Å². The second-order valence-electron chi connectivity index (χ2n) is 7.87. The molecule has 0 heterocycles. The van der Waals surface area contributed by atoms with E-state index in [2.05, 4.69) is 0 Å². The molecule has 0 fully saturated rings. The molecule has 150 valence electrons. The van der Waals surface area contributed by atoms with E-state index < -0.39 is 0 Å². The Balaban J connectivity index is 2.24. The molecule has 0 radical (unpaired) electrons. The fraction of sp³-hybridized carbons (Fsp3) is 0.391. The van der Waals surface area contributed by atoms with Crippen LogP contribution in [0, 0.1) is 13.8 Å². The zero-order valence-electron chi connectivity index (χ0n) is 17.7. The van der Waals surface area contributed by atoms with Crippen LogP contribution in [0.1, 0.15) is 44.4 Å². The molecule has 5 heteroatoms. The number of hydrogen-bond donors (Lipinski definition) is 0. The quantitative estimate of drug-likeness (QED) is 0.654. The van der Waals surface area contributed by atoms with Gasteiger partial charge in [0.25, 0.3) is 0 Å². The van der Waals surface area contributed by atoms with E-state index in [0.717, 1.165) is 28.1 Å². The maximum absolute atomic E-state index is 12.9. The van der Waals surface area contributed by atoms with Crippen LogP contribution < -0.4 is 9.64 Å². The molecule has 0 aliphatic heterocycles. The summed E-state index contributed by atoms with van der Waals surface area (Å²) < 4.78 is 6.05. The lowest BCUT2D eigenvalue weighted by Crippen LogP contribution is -2.42. The van der Waals surface area contributed by atoms with Crippen molar-refractivity contribution in [3.63, 3.8) is 0 Å². The molecule has 28 heavy (non-hydrogen) atoms. The van der Waals surface area contributed by atoms with E-state index in [9.17, 15) is 9.59 Å². The molecule has 0 N–H and O–H groups in total. The fourth-order valence-electron chi connectivity index (χ4n) is 3.14. The summed E-state index contributed by atoms with van der Waals surface area (Å²) in [5, 5.41) is 0. The van der Waals surface area contributed by atoms with Gasteiger partial charge in [0.15, 0.2) is 0 Å². The Morgan fingerprint density at radius 3 is 2.11 bits per heavy atom. The Hall–Kier alpha value is -2.82. The lowest BCUT2D eigenvalue weighted by Gasteiger charge is -2.27. The molecule has 0 spiro atoms. The van der Waals surface area contributed by atoms with Crippen LogP contribution in [-0.4, -0.2) is 29.5 Å². The molecule has 0 saturated heterocycles. The number of amides is 3. The minimum Gasteiger partial charge on any atom is -0.488 e. The number of carbonyl (C=O) groups is 2. The van der Waals surface area contributed by atoms with Gasteiger partial charge in [-0.25, -0.2) is 4.79 Å². The summed E-state index contributed by atoms with van der Waals surface area (Å²) in [6, 6.07) is 13.0. The first-order chi connectivity index (χ1) is 13.2. The van der Waals surface area contributed by atoms with Crippen molar-refractivity contribution in [3.05, 3.63) is 59.2 Å². The number of imide groups is 1. The zero-order valence-corrected chi connectivity index (χ0v) is 17.7. The van der Waals surface area contributed by atoms with Crippen molar-refractivity contribution in [3.8, 4) is 5.75 Å². The highest BCUT2D eigenvalue weighted by Crippen LogP contribution is 2.29. The van der Waals surface area contributed by atoms with E-state index in [4.69, 9.17) is 4.74 Å². The lowest BCUT2D eigenvalue weighted by atomic mass is 10.0. The molecule has 0 aliphatic rings. The molecule has 3 amide bonds. The summed E-state index contributed by atoms with van der Waals surface area (Å²) in [6.45, 7) is 12.6. The molecule has 2 aromatic carbocycles. The Bertz CT molecular complexity index is 802. The van der Waals surface area contributed by atoms with Crippen molar-refractivity contribution in [2.45, 2.75) is 53.7 Å². The highest BCUT2D eigenvalue weighted by atomic mass is 16.5. The number of para-hydroxylation sites is 1. The number of benzene rings is 2. The molecular weight excluding hydrogens is 352 g/mol. The van der Waals surface area contributed by atoms with Crippen LogP contribution in [0.2, 0.25) is 0 Å². The largest absolute Gasteiger partial charge is 0.488 e. The second kappa shape index (κ2) is 8.91. The van der Waals surface area contributed by atoms with Gasteiger partial charge in [-0.15, -0.1) is 0 Å². The standard InChI is InChI=1S/C23H30N2O3/c1-7-25(20-11-9-8-10-12-20)22(27)24(16-26)15-19-13-17(2)21(18(3)14-19)28-23(4,5)6/h8-14,16H,7,15H2,1-6H3. The zero-order chi connectivity index (χ0) is 20.9.